The number of amides is 1. The molecule has 1 N–H and O–H groups in total. The van der Waals surface area contributed by atoms with E-state index in [1.165, 1.54) is 16.3 Å². The van der Waals surface area contributed by atoms with E-state index in [1.54, 1.807) is 39.2 Å². The van der Waals surface area contributed by atoms with Crippen LogP contribution in [-0.4, -0.2) is 60.2 Å². The van der Waals surface area contributed by atoms with E-state index >= 15 is 0 Å². The van der Waals surface area contributed by atoms with Gasteiger partial charge in [0.05, 0.1) is 19.1 Å². The molecule has 202 valence electrons. The van der Waals surface area contributed by atoms with Gasteiger partial charge in [0.15, 0.2) is 11.5 Å². The topological polar surface area (TPSA) is 106 Å². The molecule has 1 fully saturated rings. The highest BCUT2D eigenvalue weighted by Gasteiger charge is 2.32. The largest absolute Gasteiger partial charge is 0.493 e. The number of aromatic nitrogens is 1. The molecule has 1 aromatic carbocycles. The van der Waals surface area contributed by atoms with Crippen LogP contribution in [-0.2, 0) is 23.0 Å². The number of anilines is 1. The minimum atomic E-state index is -0.403. The molecule has 0 spiro atoms. The molecule has 2 heterocycles. The van der Waals surface area contributed by atoms with Gasteiger partial charge >= 0.3 is 0 Å². The summed E-state index contributed by atoms with van der Waals surface area (Å²) in [5, 5.41) is 13.0. The van der Waals surface area contributed by atoms with Gasteiger partial charge < -0.3 is 19.5 Å². The van der Waals surface area contributed by atoms with E-state index < -0.39 is 5.56 Å². The maximum atomic E-state index is 13.2. The van der Waals surface area contributed by atoms with E-state index in [1.807, 2.05) is 31.2 Å². The molecular formula is C27H32N4O5S2. The number of benzene rings is 1. The summed E-state index contributed by atoms with van der Waals surface area (Å²) in [6.07, 6.45) is 3.03. The molecule has 1 saturated heterocycles. The van der Waals surface area contributed by atoms with Crippen molar-refractivity contribution in [1.82, 2.24) is 9.47 Å². The molecule has 1 aliphatic rings. The van der Waals surface area contributed by atoms with E-state index in [-0.39, 0.29) is 11.5 Å². The zero-order chi connectivity index (χ0) is 27.8. The Hall–Kier alpha value is -3.33. The monoisotopic (exact) mass is 556 g/mol. The van der Waals surface area contributed by atoms with Crippen molar-refractivity contribution in [3.8, 4) is 17.6 Å². The molecule has 1 amide bonds. The van der Waals surface area contributed by atoms with Gasteiger partial charge in [-0.05, 0) is 56.0 Å². The average molecular weight is 557 g/mol. The number of nitrogens with one attached hydrogen (secondary N) is 1. The molecule has 0 atom stereocenters. The first-order valence-electron chi connectivity index (χ1n) is 12.2. The van der Waals surface area contributed by atoms with Gasteiger partial charge in [0, 0.05) is 38.9 Å². The average Bonchev–Trinajstić information content (AvgIpc) is 3.18. The third-order valence-electron chi connectivity index (χ3n) is 6.18. The SMILES string of the molecule is CCOCCCN1C(=O)/C(=C\c2c(C)c(C#N)c(=O)n(C)c2NCCc2ccc(OC)c(OC)c2)SC1=S. The number of hydrogen-bond donors (Lipinski definition) is 1. The van der Waals surface area contributed by atoms with Crippen LogP contribution in [0.15, 0.2) is 27.9 Å². The number of thioether (sulfide) groups is 1. The molecule has 0 saturated carbocycles. The first-order chi connectivity index (χ1) is 18.3. The molecule has 0 unspecified atom stereocenters. The second-order valence-electron chi connectivity index (χ2n) is 8.49. The molecule has 3 rings (SSSR count). The van der Waals surface area contributed by atoms with Crippen molar-refractivity contribution < 1.29 is 19.0 Å². The van der Waals surface area contributed by atoms with E-state index in [0.29, 0.717) is 76.8 Å². The van der Waals surface area contributed by atoms with Crippen LogP contribution < -0.4 is 20.3 Å². The van der Waals surface area contributed by atoms with Crippen LogP contribution in [0.1, 0.15) is 35.6 Å². The molecular weight excluding hydrogens is 524 g/mol. The van der Waals surface area contributed by atoms with E-state index in [0.717, 1.165) is 5.56 Å². The normalized spacial score (nSPS) is 14.2. The van der Waals surface area contributed by atoms with Gasteiger partial charge in [-0.1, -0.05) is 30.0 Å². The molecule has 1 aromatic heterocycles. The highest BCUT2D eigenvalue weighted by molar-refractivity contribution is 8.26. The standard InChI is InChI=1S/C27H32N4O5S2/c1-6-36-13-7-12-31-26(33)23(38-27(31)37)15-19-17(2)20(16-28)25(32)30(3)24(19)29-11-10-18-8-9-21(34-4)22(14-18)35-5/h8-9,14-15,29H,6-7,10-13H2,1-5H3/b23-15+. The molecule has 38 heavy (non-hydrogen) atoms. The number of thiocarbonyl (C=S) groups is 1. The quantitative estimate of drug-likeness (QED) is 0.237. The smallest absolute Gasteiger partial charge is 0.270 e. The van der Waals surface area contributed by atoms with Gasteiger partial charge in [0.2, 0.25) is 0 Å². The molecule has 0 radical (unpaired) electrons. The van der Waals surface area contributed by atoms with E-state index in [2.05, 4.69) is 5.32 Å². The number of nitriles is 1. The van der Waals surface area contributed by atoms with Gasteiger partial charge in [-0.25, -0.2) is 0 Å². The maximum absolute atomic E-state index is 13.2. The predicted octanol–water partition coefficient (Wildman–Crippen LogP) is 3.87. The van der Waals surface area contributed by atoms with Crippen molar-refractivity contribution in [2.24, 2.45) is 7.05 Å². The van der Waals surface area contributed by atoms with Gasteiger partial charge in [0.1, 0.15) is 21.8 Å². The van der Waals surface area contributed by atoms with Crippen molar-refractivity contribution >= 4 is 46.1 Å². The van der Waals surface area contributed by atoms with Crippen LogP contribution in [0, 0.1) is 18.3 Å². The number of pyridine rings is 1. The summed E-state index contributed by atoms with van der Waals surface area (Å²) in [7, 11) is 4.78. The minimum Gasteiger partial charge on any atom is -0.493 e. The summed E-state index contributed by atoms with van der Waals surface area (Å²) < 4.78 is 18.0. The van der Waals surface area contributed by atoms with Gasteiger partial charge in [-0.2, -0.15) is 5.26 Å². The highest BCUT2D eigenvalue weighted by Crippen LogP contribution is 2.35. The van der Waals surface area contributed by atoms with Crippen molar-refractivity contribution in [3.05, 3.63) is 55.7 Å². The summed E-state index contributed by atoms with van der Waals surface area (Å²) in [5.74, 6) is 1.61. The second kappa shape index (κ2) is 13.5. The van der Waals surface area contributed by atoms with E-state index in [9.17, 15) is 14.9 Å². The lowest BCUT2D eigenvalue weighted by atomic mass is 10.0. The van der Waals surface area contributed by atoms with Crippen LogP contribution in [0.4, 0.5) is 5.82 Å². The van der Waals surface area contributed by atoms with Crippen molar-refractivity contribution in [3.63, 3.8) is 0 Å². The number of methoxy groups -OCH3 is 2. The van der Waals surface area contributed by atoms with Crippen molar-refractivity contribution in [2.45, 2.75) is 26.7 Å². The number of carbonyl (C=O) groups is 1. The Morgan fingerprint density at radius 3 is 2.61 bits per heavy atom. The van der Waals surface area contributed by atoms with E-state index in [4.69, 9.17) is 26.4 Å². The van der Waals surface area contributed by atoms with Crippen LogP contribution >= 0.6 is 24.0 Å². The van der Waals surface area contributed by atoms with Gasteiger partial charge in [0.25, 0.3) is 11.5 Å². The molecule has 1 aliphatic heterocycles. The number of hydrogen-bond acceptors (Lipinski definition) is 9. The Kier molecular flexibility index (Phi) is 10.4. The van der Waals surface area contributed by atoms with Crippen LogP contribution in [0.2, 0.25) is 0 Å². The highest BCUT2D eigenvalue weighted by atomic mass is 32.2. The third-order valence-corrected chi connectivity index (χ3v) is 7.56. The van der Waals surface area contributed by atoms with Crippen LogP contribution in [0.25, 0.3) is 6.08 Å². The molecule has 0 bridgehead atoms. The Morgan fingerprint density at radius 2 is 1.95 bits per heavy atom. The second-order valence-corrected chi connectivity index (χ2v) is 10.2. The lowest BCUT2D eigenvalue weighted by molar-refractivity contribution is -0.122. The Balaban J connectivity index is 1.90. The fourth-order valence-corrected chi connectivity index (χ4v) is 5.39. The zero-order valence-corrected chi connectivity index (χ0v) is 23.9. The number of ether oxygens (including phenoxy) is 3. The van der Waals surface area contributed by atoms with Crippen LogP contribution in [0.3, 0.4) is 0 Å². The van der Waals surface area contributed by atoms with Crippen molar-refractivity contribution in [2.75, 3.05) is 45.8 Å². The number of nitrogens with zero attached hydrogens (tertiary/aromatic N) is 3. The summed E-state index contributed by atoms with van der Waals surface area (Å²) >= 11 is 6.67. The fourth-order valence-electron chi connectivity index (χ4n) is 4.10. The maximum Gasteiger partial charge on any atom is 0.270 e. The first kappa shape index (κ1) is 29.2. The lowest BCUT2D eigenvalue weighted by Crippen LogP contribution is -2.29. The lowest BCUT2D eigenvalue weighted by Gasteiger charge is -2.18. The summed E-state index contributed by atoms with van der Waals surface area (Å²) in [6.45, 7) is 5.77. The van der Waals surface area contributed by atoms with Gasteiger partial charge in [-0.15, -0.1) is 0 Å². The Bertz CT molecular complexity index is 1350. The first-order valence-corrected chi connectivity index (χ1v) is 13.4. The van der Waals surface area contributed by atoms with Crippen molar-refractivity contribution in [1.29, 1.82) is 5.26 Å². The molecule has 11 heteroatoms. The molecule has 0 aliphatic carbocycles. The molecule has 9 nitrogen and oxygen atoms in total. The minimum absolute atomic E-state index is 0.0383. The Morgan fingerprint density at radius 1 is 1.21 bits per heavy atom. The van der Waals surface area contributed by atoms with Crippen LogP contribution in [0.5, 0.6) is 11.5 Å². The number of carbonyl (C=O) groups excluding carboxylic acids is 1. The summed E-state index contributed by atoms with van der Waals surface area (Å²) in [4.78, 5) is 28.1. The predicted molar refractivity (Wildman–Crippen MR) is 154 cm³/mol. The fraction of sp³-hybridized carbons (Fsp3) is 0.407. The summed E-state index contributed by atoms with van der Waals surface area (Å²) in [6, 6.07) is 7.71. The Labute approximate surface area is 232 Å². The zero-order valence-electron chi connectivity index (χ0n) is 22.3. The van der Waals surface area contributed by atoms with Gasteiger partial charge in [-0.3, -0.25) is 19.1 Å². The number of rotatable bonds is 12. The summed E-state index contributed by atoms with van der Waals surface area (Å²) in [5.41, 5.74) is 1.76. The third kappa shape index (κ3) is 6.38. The molecule has 2 aromatic rings.